The van der Waals surface area contributed by atoms with Crippen molar-refractivity contribution in [2.75, 3.05) is 25.1 Å². The van der Waals surface area contributed by atoms with Crippen molar-refractivity contribution in [1.29, 1.82) is 0 Å². The van der Waals surface area contributed by atoms with Crippen molar-refractivity contribution in [3.8, 4) is 5.75 Å². The second kappa shape index (κ2) is 9.62. The first-order valence-corrected chi connectivity index (χ1v) is 11.6. The summed E-state index contributed by atoms with van der Waals surface area (Å²) in [6.45, 7) is 4.42. The Morgan fingerprint density at radius 3 is 2.81 bits per heavy atom. The van der Waals surface area contributed by atoms with Gasteiger partial charge >= 0.3 is 6.18 Å². The third-order valence-electron chi connectivity index (χ3n) is 5.78. The topological polar surface area (TPSA) is 50.3 Å². The first kappa shape index (κ1) is 22.8. The maximum absolute atomic E-state index is 12.8. The summed E-state index contributed by atoms with van der Waals surface area (Å²) in [5, 5.41) is 4.37. The van der Waals surface area contributed by atoms with Gasteiger partial charge in [-0.15, -0.1) is 11.3 Å². The van der Waals surface area contributed by atoms with Gasteiger partial charge < -0.3 is 15.0 Å². The summed E-state index contributed by atoms with van der Waals surface area (Å²) < 4.78 is 44.0. The number of rotatable bonds is 6. The smallest absolute Gasteiger partial charge is 0.393 e. The molecule has 5 nitrogen and oxygen atoms in total. The number of alkyl halides is 3. The predicted molar refractivity (Wildman–Crippen MR) is 122 cm³/mol. The average molecular weight is 465 g/mol. The highest BCUT2D eigenvalue weighted by Gasteiger charge is 2.29. The van der Waals surface area contributed by atoms with E-state index in [2.05, 4.69) is 33.2 Å². The number of fused-ring (bicyclic) bond motifs is 1. The van der Waals surface area contributed by atoms with Crippen LogP contribution in [-0.2, 0) is 13.0 Å². The number of nitrogens with one attached hydrogen (secondary N) is 1. The molecule has 32 heavy (non-hydrogen) atoms. The van der Waals surface area contributed by atoms with Gasteiger partial charge in [0.05, 0.1) is 18.9 Å². The van der Waals surface area contributed by atoms with Crippen LogP contribution >= 0.6 is 11.3 Å². The number of aryl methyl sites for hydroxylation is 1. The standard InChI is InChI=1S/C23H27F3N4OS/c1-15-5-6-20(31-2)16(10-15)13-27-17-4-3-8-30(9-7-17)21-19-11-18(12-23(24,25)26)32-22(19)29-14-28-21/h5-6,10-11,14,17,27H,3-4,7-9,12-13H2,1-2H3. The lowest BCUT2D eigenvalue weighted by Gasteiger charge is -2.22. The van der Waals surface area contributed by atoms with Crippen LogP contribution in [0.3, 0.4) is 0 Å². The molecule has 1 aliphatic rings. The molecule has 3 heterocycles. The number of aromatic nitrogens is 2. The lowest BCUT2D eigenvalue weighted by Crippen LogP contribution is -2.31. The van der Waals surface area contributed by atoms with Crippen molar-refractivity contribution < 1.29 is 17.9 Å². The number of thiophene rings is 1. The number of benzene rings is 1. The van der Waals surface area contributed by atoms with Crippen LogP contribution in [0.5, 0.6) is 5.75 Å². The molecule has 0 saturated carbocycles. The van der Waals surface area contributed by atoms with Crippen molar-refractivity contribution in [1.82, 2.24) is 15.3 Å². The molecule has 0 spiro atoms. The Labute approximate surface area is 189 Å². The first-order chi connectivity index (χ1) is 15.3. The van der Waals surface area contributed by atoms with Gasteiger partial charge in [0.2, 0.25) is 0 Å². The molecule has 4 rings (SSSR count). The third kappa shape index (κ3) is 5.50. The Hall–Kier alpha value is -2.39. The molecule has 1 aliphatic heterocycles. The molecular weight excluding hydrogens is 437 g/mol. The van der Waals surface area contributed by atoms with Crippen LogP contribution in [0.1, 0.15) is 35.3 Å². The highest BCUT2D eigenvalue weighted by Crippen LogP contribution is 2.34. The van der Waals surface area contributed by atoms with E-state index < -0.39 is 12.6 Å². The van der Waals surface area contributed by atoms with Gasteiger partial charge in [-0.2, -0.15) is 13.2 Å². The second-order valence-corrected chi connectivity index (χ2v) is 9.35. The Kier molecular flexibility index (Phi) is 6.85. The van der Waals surface area contributed by atoms with Gasteiger partial charge in [0.1, 0.15) is 22.7 Å². The van der Waals surface area contributed by atoms with Crippen molar-refractivity contribution in [3.63, 3.8) is 0 Å². The molecule has 172 valence electrons. The van der Waals surface area contributed by atoms with Crippen molar-refractivity contribution in [2.45, 2.75) is 51.4 Å². The van der Waals surface area contributed by atoms with Gasteiger partial charge in [-0.3, -0.25) is 0 Å². The van der Waals surface area contributed by atoms with E-state index in [0.29, 0.717) is 16.3 Å². The molecular formula is C23H27F3N4OS. The zero-order valence-electron chi connectivity index (χ0n) is 18.2. The van der Waals surface area contributed by atoms with Crippen LogP contribution in [0.4, 0.5) is 19.0 Å². The Morgan fingerprint density at radius 2 is 2.03 bits per heavy atom. The summed E-state index contributed by atoms with van der Waals surface area (Å²) in [4.78, 5) is 11.7. The minimum Gasteiger partial charge on any atom is -0.496 e. The predicted octanol–water partition coefficient (Wildman–Crippen LogP) is 5.26. The van der Waals surface area contributed by atoms with Crippen LogP contribution in [-0.4, -0.2) is 42.4 Å². The summed E-state index contributed by atoms with van der Waals surface area (Å²) in [6, 6.07) is 8.13. The summed E-state index contributed by atoms with van der Waals surface area (Å²) in [5.41, 5.74) is 2.34. The number of hydrogen-bond acceptors (Lipinski definition) is 6. The Balaban J connectivity index is 1.43. The molecule has 0 amide bonds. The van der Waals surface area contributed by atoms with Gasteiger partial charge in [-0.1, -0.05) is 17.7 Å². The van der Waals surface area contributed by atoms with Crippen molar-refractivity contribution in [3.05, 3.63) is 46.6 Å². The Morgan fingerprint density at radius 1 is 1.19 bits per heavy atom. The fourth-order valence-electron chi connectivity index (χ4n) is 4.24. The normalized spacial score (nSPS) is 17.5. The Bertz CT molecular complexity index is 1070. The van der Waals surface area contributed by atoms with Gasteiger partial charge in [-0.25, -0.2) is 9.97 Å². The highest BCUT2D eigenvalue weighted by atomic mass is 32.1. The SMILES string of the molecule is COc1ccc(C)cc1CNC1CCCN(c2ncnc3sc(CC(F)(F)F)cc23)CC1. The quantitative estimate of drug-likeness (QED) is 0.539. The van der Waals surface area contributed by atoms with Crippen molar-refractivity contribution in [2.24, 2.45) is 0 Å². The van der Waals surface area contributed by atoms with E-state index in [0.717, 1.165) is 67.4 Å². The van der Waals surface area contributed by atoms with E-state index in [4.69, 9.17) is 4.74 Å². The van der Waals surface area contributed by atoms with Gasteiger partial charge in [0.15, 0.2) is 0 Å². The summed E-state index contributed by atoms with van der Waals surface area (Å²) in [5.74, 6) is 1.62. The number of ether oxygens (including phenoxy) is 1. The third-order valence-corrected chi connectivity index (χ3v) is 6.82. The molecule has 1 N–H and O–H groups in total. The van der Waals surface area contributed by atoms with Crippen LogP contribution in [0.25, 0.3) is 10.2 Å². The van der Waals surface area contributed by atoms with Crippen LogP contribution in [0.2, 0.25) is 0 Å². The molecule has 1 fully saturated rings. The van der Waals surface area contributed by atoms with Gasteiger partial charge in [-0.05, 0) is 38.3 Å². The maximum Gasteiger partial charge on any atom is 0.393 e. The first-order valence-electron chi connectivity index (χ1n) is 10.7. The summed E-state index contributed by atoms with van der Waals surface area (Å²) >= 11 is 1.10. The second-order valence-electron chi connectivity index (χ2n) is 8.23. The van der Waals surface area contributed by atoms with Crippen molar-refractivity contribution >= 4 is 27.4 Å². The number of nitrogens with zero attached hydrogens (tertiary/aromatic N) is 3. The largest absolute Gasteiger partial charge is 0.496 e. The molecule has 1 unspecified atom stereocenters. The van der Waals surface area contributed by atoms with Crippen LogP contribution in [0, 0.1) is 6.92 Å². The van der Waals surface area contributed by atoms with E-state index in [-0.39, 0.29) is 4.88 Å². The molecule has 3 aromatic rings. The van der Waals surface area contributed by atoms with E-state index >= 15 is 0 Å². The molecule has 1 atom stereocenters. The van der Waals surface area contributed by atoms with E-state index in [1.807, 2.05) is 12.1 Å². The highest BCUT2D eigenvalue weighted by molar-refractivity contribution is 7.18. The molecule has 0 radical (unpaired) electrons. The molecule has 2 aromatic heterocycles. The van der Waals surface area contributed by atoms with Gasteiger partial charge in [0.25, 0.3) is 0 Å². The molecule has 9 heteroatoms. The minimum atomic E-state index is -4.23. The fraction of sp³-hybridized carbons (Fsp3) is 0.478. The minimum absolute atomic E-state index is 0.274. The fourth-order valence-corrected chi connectivity index (χ4v) is 5.26. The average Bonchev–Trinajstić information content (AvgIpc) is 2.99. The number of methoxy groups -OCH3 is 1. The molecule has 1 aromatic carbocycles. The molecule has 1 saturated heterocycles. The summed E-state index contributed by atoms with van der Waals surface area (Å²) in [6.07, 6.45) is -0.761. The van der Waals surface area contributed by atoms with E-state index in [1.54, 1.807) is 13.2 Å². The maximum atomic E-state index is 12.8. The number of hydrogen-bond donors (Lipinski definition) is 1. The van der Waals surface area contributed by atoms with Crippen LogP contribution in [0.15, 0.2) is 30.6 Å². The molecule has 0 bridgehead atoms. The lowest BCUT2D eigenvalue weighted by atomic mass is 10.1. The zero-order valence-corrected chi connectivity index (χ0v) is 19.0. The van der Waals surface area contributed by atoms with E-state index in [9.17, 15) is 13.2 Å². The number of halogens is 3. The summed E-state index contributed by atoms with van der Waals surface area (Å²) in [7, 11) is 1.69. The lowest BCUT2D eigenvalue weighted by molar-refractivity contribution is -0.126. The monoisotopic (exact) mass is 464 g/mol. The van der Waals surface area contributed by atoms with E-state index in [1.165, 1.54) is 11.9 Å². The molecule has 0 aliphatic carbocycles. The zero-order chi connectivity index (χ0) is 22.7. The number of anilines is 1. The van der Waals surface area contributed by atoms with Crippen LogP contribution < -0.4 is 15.0 Å². The van der Waals surface area contributed by atoms with Gasteiger partial charge in [0, 0.05) is 36.1 Å².